The molecule has 69 heteroatoms. The summed E-state index contributed by atoms with van der Waals surface area (Å²) in [6.07, 6.45) is -12.1. The molecule has 0 unspecified atom stereocenters. The zero-order valence-electron chi connectivity index (χ0n) is 70.9. The minimum atomic E-state index is -2.49. The number of nitrogens with two attached hydrogens (primary N) is 4. The van der Waals surface area contributed by atoms with E-state index in [-0.39, 0.29) is 0 Å². The molecule has 0 heterocycles. The molecule has 0 aromatic carbocycles. The van der Waals surface area contributed by atoms with Crippen LogP contribution in [-0.2, 0) is 144 Å². The third kappa shape index (κ3) is 46.6. The van der Waals surface area contributed by atoms with Crippen LogP contribution in [0.25, 0.3) is 0 Å². The Morgan fingerprint density at radius 1 is 0.175 bits per heavy atom. The predicted molar refractivity (Wildman–Crippen MR) is 430 cm³/mol. The number of hydrogen-bond acceptors (Lipinski definition) is 39. The van der Waals surface area contributed by atoms with Gasteiger partial charge < -0.3 is 206 Å². The first-order chi connectivity index (χ1) is 64.0. The fourth-order valence-corrected chi connectivity index (χ4v) is 10.5. The number of carboxylic acid groups (broad SMARTS) is 7. The summed E-state index contributed by atoms with van der Waals surface area (Å²) in [7, 11) is 0. The molecular formula is C68H102N24O45. The van der Waals surface area contributed by atoms with Gasteiger partial charge in [-0.05, 0) is 0 Å². The molecule has 0 fully saturated rings. The van der Waals surface area contributed by atoms with Crippen molar-refractivity contribution in [2.75, 3.05) is 79.0 Å². The second kappa shape index (κ2) is 61.5. The van der Waals surface area contributed by atoms with E-state index in [1.807, 2.05) is 63.8 Å². The second-order valence-corrected chi connectivity index (χ2v) is 28.0. The number of carboxylic acids is 7. The summed E-state index contributed by atoms with van der Waals surface area (Å²) in [6.45, 7) is -15.3. The van der Waals surface area contributed by atoms with Gasteiger partial charge in [0.1, 0.15) is 103 Å². The Morgan fingerprint density at radius 2 is 0.307 bits per heavy atom. The Balaban J connectivity index is 6.40. The number of nitrogens with one attached hydrogen (secondary N) is 20. The van der Waals surface area contributed by atoms with Crippen LogP contribution in [0.2, 0.25) is 0 Å². The summed E-state index contributed by atoms with van der Waals surface area (Å²) in [5.41, 5.74) is 20.8. The Bertz CT molecular complexity index is 4480. The fourth-order valence-electron chi connectivity index (χ4n) is 10.5. The maximum atomic E-state index is 13.7. The van der Waals surface area contributed by atoms with Crippen LogP contribution in [0.4, 0.5) is 0 Å². The summed E-state index contributed by atoms with van der Waals surface area (Å²) in [6, 6.07) is -38.1. The normalized spacial score (nSPS) is 14.4. The van der Waals surface area contributed by atoms with Gasteiger partial charge in [-0.15, -0.1) is 0 Å². The number of aliphatic hydroxyl groups is 8. The molecule has 764 valence electrons. The molecular weight excluding hydrogens is 1870 g/mol. The molecule has 0 aromatic heterocycles. The lowest BCUT2D eigenvalue weighted by atomic mass is 10.1. The maximum absolute atomic E-state index is 13.7. The van der Waals surface area contributed by atoms with E-state index in [0.717, 1.165) is 0 Å². The molecule has 23 amide bonds. The lowest BCUT2D eigenvalue weighted by molar-refractivity contribution is -0.143. The van der Waals surface area contributed by atoms with Crippen molar-refractivity contribution in [2.24, 2.45) is 22.9 Å². The van der Waals surface area contributed by atoms with Gasteiger partial charge in [-0.3, -0.25) is 139 Å². The monoisotopic (exact) mass is 1970 g/mol. The minimum Gasteiger partial charge on any atom is -0.481 e. The predicted octanol–water partition coefficient (Wildman–Crippen LogP) is -27.0. The van der Waals surface area contributed by atoms with E-state index in [9.17, 15) is 210 Å². The van der Waals surface area contributed by atoms with Gasteiger partial charge in [0.2, 0.25) is 136 Å². The summed E-state index contributed by atoms with van der Waals surface area (Å²) in [5, 5.41) is 182. The number of aliphatic carboxylic acids is 7. The number of rotatable bonds is 67. The fraction of sp³-hybridized carbons (Fsp3) is 0.559. The first kappa shape index (κ1) is 121. The van der Waals surface area contributed by atoms with Gasteiger partial charge in [0.05, 0.1) is 137 Å². The van der Waals surface area contributed by atoms with E-state index in [1.54, 1.807) is 42.5 Å². The topological polar surface area (TPSA) is 1160 Å². The summed E-state index contributed by atoms with van der Waals surface area (Å²) < 4.78 is 0. The van der Waals surface area contributed by atoms with Crippen molar-refractivity contribution in [3.8, 4) is 0 Å². The molecule has 0 saturated carbocycles. The van der Waals surface area contributed by atoms with Crippen molar-refractivity contribution in [3.63, 3.8) is 0 Å². The van der Waals surface area contributed by atoms with E-state index >= 15 is 0 Å². The SMILES string of the molecule is NCC(=O)N[C@@H](CO)C(=O)N[C@@H](CC(=O)O)C(=O)N[C@@H](CO)C(=O)N[C@@H](CC(N)=O)C(=O)N[C@@H](CC(=O)O)C(=O)NCC(=O)N[C@@H](CO)C(=O)NCC(=O)N[C@@H](CO)C(=O)N[C@@H](CC(=O)O)C(=O)N[C@@H](CO)C(=O)N[C@@H](CC(N)=O)C(=O)N[C@@H](CC(=O)O)C(=O)N[C@@H](CO)C(=O)N[C@@H](CC(=O)O)C(=O)N[C@@H](CO)C(=O)N[C@@H](CC(N)=O)C(=O)N[C@@H](CC(=O)O)C(=O)NCC(=O)N[C@@H](CO)C(=O)O. The van der Waals surface area contributed by atoms with Crippen LogP contribution in [-0.4, -0.2) is 436 Å². The summed E-state index contributed by atoms with van der Waals surface area (Å²) in [4.78, 5) is 382. The van der Waals surface area contributed by atoms with E-state index in [4.69, 9.17) is 33.1 Å². The Labute approximate surface area is 764 Å². The number of carbonyl (C=O) groups excluding carboxylic acids is 23. The highest BCUT2D eigenvalue weighted by molar-refractivity contribution is 6.05. The van der Waals surface area contributed by atoms with Crippen LogP contribution in [0.1, 0.15) is 57.8 Å². The Hall–Kier alpha value is -16.3. The summed E-state index contributed by atoms with van der Waals surface area (Å²) in [5.74, 6) is -48.3. The van der Waals surface area contributed by atoms with Gasteiger partial charge in [0.25, 0.3) is 0 Å². The molecule has 0 spiro atoms. The third-order valence-electron chi connectivity index (χ3n) is 17.2. The van der Waals surface area contributed by atoms with Gasteiger partial charge in [-0.2, -0.15) is 0 Å². The lowest BCUT2D eigenvalue weighted by Crippen LogP contribution is -2.62. The largest absolute Gasteiger partial charge is 0.481 e. The average Bonchev–Trinajstić information content (AvgIpc) is 0.853. The zero-order chi connectivity index (χ0) is 105. The highest BCUT2D eigenvalue weighted by Crippen LogP contribution is 2.09. The highest BCUT2D eigenvalue weighted by Gasteiger charge is 2.41. The van der Waals surface area contributed by atoms with Gasteiger partial charge in [-0.25, -0.2) is 4.79 Å². The number of amides is 23. The Kier molecular flexibility index (Phi) is 54.2. The van der Waals surface area contributed by atoms with Crippen molar-refractivity contribution < 1.29 is 220 Å². The standard InChI is InChI=1S/C68H102N24O45/c69-10-42(104)76-32(15-94)62(130)86-28(7-49(114)115)59(127)89-34(17-96)64(132)80-22(1-39(70)101)55(123)83-25(4-46(108)109)52(120)73-11-43(105)77-31(14-93)54(122)75-12-44(106)78-33(16-95)63(131)87-29(8-50(116)117)60(128)90-36(19-98)66(134)82-24(3-41(72)103)57(125)85-27(6-48(112)113)58(126)92-37(20-99)67(135)88-30(9-51(118)119)61(129)91-35(18-97)65(133)81-23(2-40(71)102)56(124)84-26(5-47(110)111)53(121)74-13-45(107)79-38(21-100)68(136)137/h22-38,93-100H,1-21,69H2,(H2,70,101)(H2,71,102)(H2,72,103)(H,73,120)(H,74,121)(H,75,122)(H,76,104)(H,77,105)(H,78,106)(H,79,107)(H,80,132)(H,81,133)(H,82,134)(H,83,123)(H,84,124)(H,85,125)(H,86,130)(H,87,131)(H,88,135)(H,89,127)(H,90,128)(H,91,129)(H,92,126)(H,108,109)(H,110,111)(H,112,113)(H,114,115)(H,116,117)(H,118,119)(H,136,137)/t22-,23-,24-,25-,26-,27-,28-,29-,30-,31-,32-,33-,34-,35-,36-,37-,38-/m0/s1. The van der Waals surface area contributed by atoms with Crippen LogP contribution in [0.3, 0.4) is 0 Å². The molecule has 0 saturated heterocycles. The van der Waals surface area contributed by atoms with Crippen molar-refractivity contribution in [3.05, 3.63) is 0 Å². The van der Waals surface area contributed by atoms with E-state index in [1.165, 1.54) is 0 Å². The number of primary amides is 3. The van der Waals surface area contributed by atoms with Gasteiger partial charge in [-0.1, -0.05) is 0 Å². The van der Waals surface area contributed by atoms with Crippen molar-refractivity contribution in [1.82, 2.24) is 106 Å². The Morgan fingerprint density at radius 3 is 0.467 bits per heavy atom. The van der Waals surface area contributed by atoms with E-state index in [2.05, 4.69) is 0 Å². The number of hydrogen-bond donors (Lipinski definition) is 39. The highest BCUT2D eigenvalue weighted by atomic mass is 16.4. The van der Waals surface area contributed by atoms with E-state index < -0.39 is 417 Å². The third-order valence-corrected chi connectivity index (χ3v) is 17.2. The van der Waals surface area contributed by atoms with Crippen LogP contribution < -0.4 is 129 Å². The van der Waals surface area contributed by atoms with Crippen LogP contribution in [0.5, 0.6) is 0 Å². The van der Waals surface area contributed by atoms with Crippen molar-refractivity contribution in [1.29, 1.82) is 0 Å². The van der Waals surface area contributed by atoms with Crippen molar-refractivity contribution in [2.45, 2.75) is 160 Å². The quantitative estimate of drug-likeness (QED) is 0.0269. The molecule has 0 bridgehead atoms. The molecule has 137 heavy (non-hydrogen) atoms. The van der Waals surface area contributed by atoms with Crippen LogP contribution in [0.15, 0.2) is 0 Å². The molecule has 0 aromatic rings. The molecule has 0 aliphatic heterocycles. The van der Waals surface area contributed by atoms with Gasteiger partial charge in [0.15, 0.2) is 0 Å². The zero-order valence-corrected chi connectivity index (χ0v) is 70.9. The first-order valence-electron chi connectivity index (χ1n) is 38.9. The van der Waals surface area contributed by atoms with Gasteiger partial charge in [0, 0.05) is 0 Å². The maximum Gasteiger partial charge on any atom is 0.328 e. The minimum absolute atomic E-state index is 0.687. The van der Waals surface area contributed by atoms with Crippen LogP contribution in [0, 0.1) is 0 Å². The molecule has 0 radical (unpaired) electrons. The first-order valence-corrected chi connectivity index (χ1v) is 38.9. The number of aliphatic hydroxyl groups excluding tert-OH is 8. The molecule has 17 atom stereocenters. The molecule has 43 N–H and O–H groups in total. The molecule has 0 rings (SSSR count). The molecule has 69 nitrogen and oxygen atoms in total. The smallest absolute Gasteiger partial charge is 0.328 e. The number of carbonyl (C=O) groups is 30. The van der Waals surface area contributed by atoms with E-state index in [0.29, 0.717) is 0 Å². The van der Waals surface area contributed by atoms with Crippen LogP contribution >= 0.6 is 0 Å². The second-order valence-electron chi connectivity index (χ2n) is 28.0. The van der Waals surface area contributed by atoms with Crippen molar-refractivity contribution >= 4 is 178 Å². The molecule has 0 aliphatic rings. The average molecular weight is 1980 g/mol. The summed E-state index contributed by atoms with van der Waals surface area (Å²) >= 11 is 0. The van der Waals surface area contributed by atoms with Gasteiger partial charge >= 0.3 is 41.8 Å². The lowest BCUT2D eigenvalue weighted by Gasteiger charge is -2.26. The molecule has 0 aliphatic carbocycles.